The molecule has 1 aromatic carbocycles. The van der Waals surface area contributed by atoms with Gasteiger partial charge in [-0.15, -0.1) is 11.3 Å². The van der Waals surface area contributed by atoms with Gasteiger partial charge in [0.15, 0.2) is 0 Å². The fraction of sp³-hybridized carbons (Fsp3) is 0.438. The molecule has 0 aliphatic rings. The maximum absolute atomic E-state index is 6.21. The van der Waals surface area contributed by atoms with Crippen molar-refractivity contribution < 1.29 is 0 Å². The predicted molar refractivity (Wildman–Crippen MR) is 82.5 cm³/mol. The van der Waals surface area contributed by atoms with Crippen molar-refractivity contribution in [3.63, 3.8) is 0 Å². The van der Waals surface area contributed by atoms with E-state index in [0.29, 0.717) is 0 Å². The molecule has 3 heteroatoms. The summed E-state index contributed by atoms with van der Waals surface area (Å²) < 4.78 is 0. The molecule has 1 heterocycles. The van der Waals surface area contributed by atoms with Crippen LogP contribution in [0.3, 0.4) is 0 Å². The van der Waals surface area contributed by atoms with Crippen LogP contribution in [0.1, 0.15) is 49.5 Å². The van der Waals surface area contributed by atoms with Crippen molar-refractivity contribution in [1.29, 1.82) is 0 Å². The molecule has 1 atom stereocenters. The first-order chi connectivity index (χ1) is 8.97. The Morgan fingerprint density at radius 2 is 1.89 bits per heavy atom. The Balaban J connectivity index is 1.94. The molecule has 0 bridgehead atoms. The number of thiazole rings is 1. The smallest absolute Gasteiger partial charge is 0.0929 e. The fourth-order valence-corrected chi connectivity index (χ4v) is 2.96. The molecule has 0 aliphatic carbocycles. The van der Waals surface area contributed by atoms with Crippen LogP contribution in [0, 0.1) is 0 Å². The van der Waals surface area contributed by atoms with Gasteiger partial charge < -0.3 is 5.73 Å². The maximum Gasteiger partial charge on any atom is 0.0929 e. The Labute approximate surface area is 119 Å². The lowest BCUT2D eigenvalue weighted by Crippen LogP contribution is -2.12. The van der Waals surface area contributed by atoms with E-state index >= 15 is 0 Å². The first-order valence-corrected chi connectivity index (χ1v) is 7.60. The molecule has 1 unspecified atom stereocenters. The van der Waals surface area contributed by atoms with Crippen LogP contribution in [0.15, 0.2) is 35.7 Å². The van der Waals surface area contributed by atoms with Crippen molar-refractivity contribution in [1.82, 2.24) is 4.98 Å². The van der Waals surface area contributed by atoms with Gasteiger partial charge >= 0.3 is 0 Å². The summed E-state index contributed by atoms with van der Waals surface area (Å²) >= 11 is 1.75. The van der Waals surface area contributed by atoms with E-state index in [9.17, 15) is 0 Å². The molecule has 2 aromatic rings. The molecule has 2 rings (SSSR count). The zero-order chi connectivity index (χ0) is 13.9. The molecular formula is C16H22N2S. The second kappa shape index (κ2) is 5.85. The zero-order valence-electron chi connectivity index (χ0n) is 11.9. The summed E-state index contributed by atoms with van der Waals surface area (Å²) in [6.07, 6.45) is 1.90. The number of hydrogen-bond acceptors (Lipinski definition) is 3. The number of nitrogens with zero attached hydrogens (tertiary/aromatic N) is 1. The molecule has 2 N–H and O–H groups in total. The van der Waals surface area contributed by atoms with Crippen molar-refractivity contribution in [3.05, 3.63) is 52.0 Å². The van der Waals surface area contributed by atoms with Crippen LogP contribution >= 0.6 is 11.3 Å². The Morgan fingerprint density at radius 3 is 2.47 bits per heavy atom. The van der Waals surface area contributed by atoms with Gasteiger partial charge in [-0.3, -0.25) is 0 Å². The molecule has 0 spiro atoms. The van der Waals surface area contributed by atoms with Gasteiger partial charge in [0.1, 0.15) is 0 Å². The normalized spacial score (nSPS) is 13.5. The van der Waals surface area contributed by atoms with Gasteiger partial charge in [-0.1, -0.05) is 51.1 Å². The largest absolute Gasteiger partial charge is 0.324 e. The second-order valence-electron chi connectivity index (χ2n) is 5.93. The number of aryl methyl sites for hydroxylation is 1. The van der Waals surface area contributed by atoms with E-state index in [-0.39, 0.29) is 11.5 Å². The van der Waals surface area contributed by atoms with E-state index in [4.69, 9.17) is 10.7 Å². The standard InChI is InChI=1S/C16H22N2S/c1-16(2,3)14-11-19-15(18-14)10-9-13(17)12-7-5-4-6-8-12/h4-8,11,13H,9-10,17H2,1-3H3. The second-order valence-corrected chi connectivity index (χ2v) is 6.87. The number of hydrogen-bond donors (Lipinski definition) is 1. The average molecular weight is 274 g/mol. The van der Waals surface area contributed by atoms with Crippen LogP contribution in [0.5, 0.6) is 0 Å². The third-order valence-corrected chi connectivity index (χ3v) is 4.13. The highest BCUT2D eigenvalue weighted by molar-refractivity contribution is 7.09. The summed E-state index contributed by atoms with van der Waals surface area (Å²) in [5, 5.41) is 3.36. The van der Waals surface area contributed by atoms with E-state index in [1.165, 1.54) is 16.3 Å². The third kappa shape index (κ3) is 3.88. The molecule has 1 aromatic heterocycles. The van der Waals surface area contributed by atoms with Gasteiger partial charge in [0.25, 0.3) is 0 Å². The van der Waals surface area contributed by atoms with Crippen molar-refractivity contribution in [2.45, 2.75) is 45.1 Å². The molecule has 0 aliphatic heterocycles. The monoisotopic (exact) mass is 274 g/mol. The molecule has 2 nitrogen and oxygen atoms in total. The number of aromatic nitrogens is 1. The van der Waals surface area contributed by atoms with Crippen molar-refractivity contribution in [2.75, 3.05) is 0 Å². The third-order valence-electron chi connectivity index (χ3n) is 3.22. The number of nitrogens with two attached hydrogens (primary N) is 1. The summed E-state index contributed by atoms with van der Waals surface area (Å²) in [6.45, 7) is 6.59. The number of benzene rings is 1. The van der Waals surface area contributed by atoms with Gasteiger partial charge in [0.05, 0.1) is 10.7 Å². The van der Waals surface area contributed by atoms with Gasteiger partial charge in [0, 0.05) is 23.3 Å². The summed E-state index contributed by atoms with van der Waals surface area (Å²) in [5.74, 6) is 0. The maximum atomic E-state index is 6.21. The van der Waals surface area contributed by atoms with Crippen molar-refractivity contribution in [2.24, 2.45) is 5.73 Å². The van der Waals surface area contributed by atoms with Gasteiger partial charge in [-0.05, 0) is 12.0 Å². The Bertz CT molecular complexity index is 511. The number of rotatable bonds is 4. The molecule has 0 saturated carbocycles. The molecule has 0 fully saturated rings. The highest BCUT2D eigenvalue weighted by atomic mass is 32.1. The van der Waals surface area contributed by atoms with Gasteiger partial charge in [-0.25, -0.2) is 4.98 Å². The van der Waals surface area contributed by atoms with E-state index in [2.05, 4.69) is 38.3 Å². The van der Waals surface area contributed by atoms with Crippen LogP contribution in [0.4, 0.5) is 0 Å². The van der Waals surface area contributed by atoms with Crippen LogP contribution < -0.4 is 5.73 Å². The van der Waals surface area contributed by atoms with Crippen molar-refractivity contribution in [3.8, 4) is 0 Å². The first-order valence-electron chi connectivity index (χ1n) is 6.72. The summed E-state index contributed by atoms with van der Waals surface area (Å²) in [6, 6.07) is 10.4. The van der Waals surface area contributed by atoms with Crippen LogP contribution in [-0.2, 0) is 11.8 Å². The molecule has 0 saturated heterocycles. The lowest BCUT2D eigenvalue weighted by molar-refractivity contribution is 0.568. The highest BCUT2D eigenvalue weighted by Gasteiger charge is 2.17. The minimum absolute atomic E-state index is 0.100. The molecule has 19 heavy (non-hydrogen) atoms. The van der Waals surface area contributed by atoms with Crippen LogP contribution in [0.25, 0.3) is 0 Å². The highest BCUT2D eigenvalue weighted by Crippen LogP contribution is 2.25. The molecule has 102 valence electrons. The van der Waals surface area contributed by atoms with Crippen LogP contribution in [0.2, 0.25) is 0 Å². The topological polar surface area (TPSA) is 38.9 Å². The van der Waals surface area contributed by atoms with Gasteiger partial charge in [0.2, 0.25) is 0 Å². The van der Waals surface area contributed by atoms with Gasteiger partial charge in [-0.2, -0.15) is 0 Å². The Hall–Kier alpha value is -1.19. The minimum atomic E-state index is 0.100. The quantitative estimate of drug-likeness (QED) is 0.912. The first kappa shape index (κ1) is 14.2. The lowest BCUT2D eigenvalue weighted by Gasteiger charge is -2.14. The van der Waals surface area contributed by atoms with E-state index in [1.807, 2.05) is 18.2 Å². The van der Waals surface area contributed by atoms with E-state index in [0.717, 1.165) is 12.8 Å². The predicted octanol–water partition coefficient (Wildman–Crippen LogP) is 4.07. The Kier molecular flexibility index (Phi) is 4.38. The van der Waals surface area contributed by atoms with E-state index < -0.39 is 0 Å². The summed E-state index contributed by atoms with van der Waals surface area (Å²) in [5.41, 5.74) is 8.73. The molecular weight excluding hydrogens is 252 g/mol. The van der Waals surface area contributed by atoms with Crippen molar-refractivity contribution >= 4 is 11.3 Å². The average Bonchev–Trinajstić information content (AvgIpc) is 2.86. The molecule has 0 amide bonds. The minimum Gasteiger partial charge on any atom is -0.324 e. The summed E-state index contributed by atoms with van der Waals surface area (Å²) in [7, 11) is 0. The Morgan fingerprint density at radius 1 is 1.21 bits per heavy atom. The SMILES string of the molecule is CC(C)(C)c1csc(CCC(N)c2ccccc2)n1. The molecule has 0 radical (unpaired) electrons. The lowest BCUT2D eigenvalue weighted by atomic mass is 9.93. The zero-order valence-corrected chi connectivity index (χ0v) is 12.7. The summed E-state index contributed by atoms with van der Waals surface area (Å²) in [4.78, 5) is 4.71. The van der Waals surface area contributed by atoms with E-state index in [1.54, 1.807) is 11.3 Å². The van der Waals surface area contributed by atoms with Crippen LogP contribution in [-0.4, -0.2) is 4.98 Å². The fourth-order valence-electron chi connectivity index (χ4n) is 1.92.